The lowest BCUT2D eigenvalue weighted by Gasteiger charge is -2.11. The van der Waals surface area contributed by atoms with Crippen molar-refractivity contribution in [1.82, 2.24) is 9.97 Å². The van der Waals surface area contributed by atoms with Gasteiger partial charge in [-0.25, -0.2) is 9.97 Å². The molecular formula is C14H16IN3O. The molecule has 1 fully saturated rings. The molecule has 0 radical (unpaired) electrons. The van der Waals surface area contributed by atoms with Crippen LogP contribution in [0.1, 0.15) is 37.8 Å². The topological polar surface area (TPSA) is 51.0 Å². The molecule has 0 aromatic carbocycles. The summed E-state index contributed by atoms with van der Waals surface area (Å²) in [4.78, 5) is 9.29. The first-order valence-electron chi connectivity index (χ1n) is 6.64. The molecule has 4 nitrogen and oxygen atoms in total. The van der Waals surface area contributed by atoms with Crippen molar-refractivity contribution in [3.63, 3.8) is 0 Å². The average molecular weight is 369 g/mol. The second-order valence-electron chi connectivity index (χ2n) is 4.77. The molecule has 5 heteroatoms. The van der Waals surface area contributed by atoms with Gasteiger partial charge in [0.1, 0.15) is 5.82 Å². The lowest BCUT2D eigenvalue weighted by Crippen LogP contribution is -2.08. The lowest BCUT2D eigenvalue weighted by atomic mass is 10.2. The molecule has 3 rings (SSSR count). The van der Waals surface area contributed by atoms with Crippen molar-refractivity contribution < 1.29 is 4.42 Å². The van der Waals surface area contributed by atoms with Crippen LogP contribution in [0.3, 0.4) is 0 Å². The minimum Gasteiger partial charge on any atom is -0.461 e. The molecule has 0 spiro atoms. The van der Waals surface area contributed by atoms with Crippen LogP contribution in [0.25, 0.3) is 11.6 Å². The van der Waals surface area contributed by atoms with Crippen LogP contribution in [0, 0.1) is 3.57 Å². The average Bonchev–Trinajstić information content (AvgIpc) is 3.11. The molecule has 0 bridgehead atoms. The predicted octanol–water partition coefficient (Wildman–Crippen LogP) is 4.04. The van der Waals surface area contributed by atoms with E-state index in [0.717, 1.165) is 28.1 Å². The maximum atomic E-state index is 5.42. The molecular weight excluding hydrogens is 353 g/mol. The van der Waals surface area contributed by atoms with E-state index in [1.807, 2.05) is 12.1 Å². The number of anilines is 1. The zero-order valence-electron chi connectivity index (χ0n) is 10.8. The Morgan fingerprint density at radius 2 is 2.26 bits per heavy atom. The van der Waals surface area contributed by atoms with E-state index in [1.54, 1.807) is 6.26 Å². The smallest absolute Gasteiger partial charge is 0.197 e. The number of hydrogen-bond donors (Lipinski definition) is 1. The van der Waals surface area contributed by atoms with Gasteiger partial charge in [0.05, 0.1) is 15.5 Å². The van der Waals surface area contributed by atoms with Gasteiger partial charge in [-0.15, -0.1) is 0 Å². The lowest BCUT2D eigenvalue weighted by molar-refractivity contribution is 0.576. The zero-order valence-corrected chi connectivity index (χ0v) is 13.0. The molecule has 2 aromatic heterocycles. The Bertz CT molecular complexity index is 564. The van der Waals surface area contributed by atoms with Crippen molar-refractivity contribution in [2.24, 2.45) is 0 Å². The molecule has 2 heterocycles. The van der Waals surface area contributed by atoms with Crippen LogP contribution in [0.5, 0.6) is 0 Å². The van der Waals surface area contributed by atoms with E-state index in [-0.39, 0.29) is 0 Å². The van der Waals surface area contributed by atoms with Crippen molar-refractivity contribution in [3.8, 4) is 11.6 Å². The first-order chi connectivity index (χ1) is 9.29. The summed E-state index contributed by atoms with van der Waals surface area (Å²) >= 11 is 2.35. The van der Waals surface area contributed by atoms with Gasteiger partial charge in [-0.05, 0) is 54.0 Å². The van der Waals surface area contributed by atoms with Gasteiger partial charge in [-0.2, -0.15) is 0 Å². The number of aromatic nitrogens is 2. The Hall–Kier alpha value is -1.11. The van der Waals surface area contributed by atoms with E-state index in [2.05, 4.69) is 39.8 Å². The SMILES string of the molecule is CCCNc1nc(-c2ccco2)nc(C2CC2)c1I. The highest BCUT2D eigenvalue weighted by molar-refractivity contribution is 14.1. The van der Waals surface area contributed by atoms with Crippen LogP contribution < -0.4 is 5.32 Å². The summed E-state index contributed by atoms with van der Waals surface area (Å²) < 4.78 is 6.58. The highest BCUT2D eigenvalue weighted by Crippen LogP contribution is 2.42. The van der Waals surface area contributed by atoms with Gasteiger partial charge < -0.3 is 9.73 Å². The Morgan fingerprint density at radius 1 is 1.42 bits per heavy atom. The van der Waals surface area contributed by atoms with E-state index in [9.17, 15) is 0 Å². The van der Waals surface area contributed by atoms with E-state index < -0.39 is 0 Å². The first kappa shape index (κ1) is 12.9. The Morgan fingerprint density at radius 3 is 2.89 bits per heavy atom. The Balaban J connectivity index is 2.02. The van der Waals surface area contributed by atoms with E-state index in [4.69, 9.17) is 9.40 Å². The summed E-state index contributed by atoms with van der Waals surface area (Å²) in [7, 11) is 0. The monoisotopic (exact) mass is 369 g/mol. The van der Waals surface area contributed by atoms with Gasteiger partial charge in [0.2, 0.25) is 0 Å². The maximum absolute atomic E-state index is 5.42. The fraction of sp³-hybridized carbons (Fsp3) is 0.429. The Labute approximate surface area is 126 Å². The number of halogens is 1. The maximum Gasteiger partial charge on any atom is 0.197 e. The molecule has 100 valence electrons. The molecule has 1 aliphatic carbocycles. The van der Waals surface area contributed by atoms with Crippen molar-refractivity contribution in [3.05, 3.63) is 27.7 Å². The van der Waals surface area contributed by atoms with Crippen LogP contribution >= 0.6 is 22.6 Å². The molecule has 0 aliphatic heterocycles. The van der Waals surface area contributed by atoms with Crippen LogP contribution in [0.2, 0.25) is 0 Å². The highest BCUT2D eigenvalue weighted by atomic mass is 127. The summed E-state index contributed by atoms with van der Waals surface area (Å²) in [5, 5.41) is 3.39. The van der Waals surface area contributed by atoms with Crippen LogP contribution in [-0.2, 0) is 0 Å². The molecule has 0 amide bonds. The normalized spacial score (nSPS) is 14.6. The van der Waals surface area contributed by atoms with Crippen molar-refractivity contribution in [1.29, 1.82) is 0 Å². The number of hydrogen-bond acceptors (Lipinski definition) is 4. The Kier molecular flexibility index (Phi) is 3.72. The number of nitrogens with one attached hydrogen (secondary N) is 1. The predicted molar refractivity (Wildman–Crippen MR) is 83.2 cm³/mol. The third-order valence-electron chi connectivity index (χ3n) is 3.12. The second-order valence-corrected chi connectivity index (χ2v) is 5.85. The van der Waals surface area contributed by atoms with Gasteiger partial charge in [0.25, 0.3) is 0 Å². The standard InChI is InChI=1S/C14H16IN3O/c1-2-7-16-14-11(15)12(9-5-6-9)17-13(18-14)10-4-3-8-19-10/h3-4,8-9H,2,5-7H2,1H3,(H,16,17,18). The molecule has 1 aliphatic rings. The van der Waals surface area contributed by atoms with Gasteiger partial charge in [-0.3, -0.25) is 0 Å². The van der Waals surface area contributed by atoms with Crippen LogP contribution in [0.4, 0.5) is 5.82 Å². The van der Waals surface area contributed by atoms with Crippen molar-refractivity contribution in [2.45, 2.75) is 32.1 Å². The summed E-state index contributed by atoms with van der Waals surface area (Å²) in [5.74, 6) is 2.96. The largest absolute Gasteiger partial charge is 0.461 e. The van der Waals surface area contributed by atoms with Crippen molar-refractivity contribution >= 4 is 28.4 Å². The fourth-order valence-corrected chi connectivity index (χ4v) is 2.84. The summed E-state index contributed by atoms with van der Waals surface area (Å²) in [6.45, 7) is 3.07. The third-order valence-corrected chi connectivity index (χ3v) is 4.19. The summed E-state index contributed by atoms with van der Waals surface area (Å²) in [6.07, 6.45) is 5.21. The van der Waals surface area contributed by atoms with E-state index in [1.165, 1.54) is 18.5 Å². The second kappa shape index (κ2) is 5.48. The first-order valence-corrected chi connectivity index (χ1v) is 7.72. The molecule has 1 N–H and O–H groups in total. The highest BCUT2D eigenvalue weighted by Gasteiger charge is 2.29. The third kappa shape index (κ3) is 2.75. The van der Waals surface area contributed by atoms with E-state index >= 15 is 0 Å². The van der Waals surface area contributed by atoms with Gasteiger partial charge in [0.15, 0.2) is 11.6 Å². The fourth-order valence-electron chi connectivity index (χ4n) is 1.97. The van der Waals surface area contributed by atoms with E-state index in [0.29, 0.717) is 11.7 Å². The van der Waals surface area contributed by atoms with Crippen LogP contribution in [-0.4, -0.2) is 16.5 Å². The quantitative estimate of drug-likeness (QED) is 0.809. The molecule has 0 atom stereocenters. The molecule has 0 unspecified atom stereocenters. The van der Waals surface area contributed by atoms with Crippen molar-refractivity contribution in [2.75, 3.05) is 11.9 Å². The zero-order chi connectivity index (χ0) is 13.2. The number of nitrogens with zero attached hydrogens (tertiary/aromatic N) is 2. The van der Waals surface area contributed by atoms with Gasteiger partial charge in [0, 0.05) is 12.5 Å². The molecule has 19 heavy (non-hydrogen) atoms. The number of rotatable bonds is 5. The number of furan rings is 1. The molecule has 0 saturated heterocycles. The minimum absolute atomic E-state index is 0.603. The summed E-state index contributed by atoms with van der Waals surface area (Å²) in [6, 6.07) is 3.77. The molecule has 1 saturated carbocycles. The summed E-state index contributed by atoms with van der Waals surface area (Å²) in [5.41, 5.74) is 1.17. The van der Waals surface area contributed by atoms with Crippen LogP contribution in [0.15, 0.2) is 22.8 Å². The molecule has 2 aromatic rings. The van der Waals surface area contributed by atoms with Gasteiger partial charge >= 0.3 is 0 Å². The van der Waals surface area contributed by atoms with Gasteiger partial charge in [-0.1, -0.05) is 6.92 Å². The minimum atomic E-state index is 0.603.